The number of Topliss-reactive ketones (excluding diaryl/α,β-unsaturated/α-hetero) is 1. The molecule has 0 saturated carbocycles. The van der Waals surface area contributed by atoms with Gasteiger partial charge in [-0.05, 0) is 36.3 Å². The van der Waals surface area contributed by atoms with Gasteiger partial charge in [-0.2, -0.15) is 0 Å². The SMILES string of the molecule is CCC(C)(C)OC(=O)Nc1nc(C(=O)C(=O)NC2C(=O)N3C(C(=O)O)=C(CSc4nnnn4C)CS[C@@H]23)cs1. The smallest absolute Gasteiger partial charge is 0.413 e. The number of tetrazole rings is 1. The largest absolute Gasteiger partial charge is 0.477 e. The summed E-state index contributed by atoms with van der Waals surface area (Å²) in [6.45, 7) is 5.35. The summed E-state index contributed by atoms with van der Waals surface area (Å²) in [4.78, 5) is 67.3. The molecule has 0 bridgehead atoms. The van der Waals surface area contributed by atoms with E-state index in [9.17, 15) is 29.1 Å². The zero-order valence-electron chi connectivity index (χ0n) is 21.2. The van der Waals surface area contributed by atoms with Gasteiger partial charge in [-0.25, -0.2) is 19.3 Å². The number of β-lactam (4-membered cyclic amide) rings is 1. The van der Waals surface area contributed by atoms with Crippen molar-refractivity contribution < 1.29 is 33.8 Å². The Morgan fingerprint density at radius 2 is 2.05 bits per heavy atom. The first kappa shape index (κ1) is 28.5. The number of carboxylic acid groups (broad SMARTS) is 1. The summed E-state index contributed by atoms with van der Waals surface area (Å²) in [5.74, 6) is -3.45. The minimum absolute atomic E-state index is 0.0653. The maximum absolute atomic E-state index is 12.9. The molecule has 18 heteroatoms. The molecule has 4 rings (SSSR count). The van der Waals surface area contributed by atoms with Crippen molar-refractivity contribution in [1.82, 2.24) is 35.4 Å². The molecule has 3 amide bonds. The number of thiazole rings is 1. The number of aliphatic carboxylic acids is 1. The molecule has 4 heterocycles. The molecule has 1 saturated heterocycles. The Hall–Kier alpha value is -3.51. The van der Waals surface area contributed by atoms with Crippen LogP contribution in [-0.4, -0.2) is 93.4 Å². The quantitative estimate of drug-likeness (QED) is 0.153. The molecular weight excluding hydrogens is 572 g/mol. The zero-order valence-corrected chi connectivity index (χ0v) is 23.6. The molecule has 0 radical (unpaired) electrons. The first-order chi connectivity index (χ1) is 18.4. The van der Waals surface area contributed by atoms with Gasteiger partial charge < -0.3 is 15.2 Å². The van der Waals surface area contributed by atoms with Gasteiger partial charge in [-0.3, -0.25) is 24.6 Å². The van der Waals surface area contributed by atoms with Gasteiger partial charge in [0.25, 0.3) is 17.6 Å². The van der Waals surface area contributed by atoms with Crippen LogP contribution in [0, 0.1) is 0 Å². The number of aromatic nitrogens is 5. The first-order valence-corrected chi connectivity index (χ1v) is 14.4. The van der Waals surface area contributed by atoms with E-state index in [0.717, 1.165) is 16.2 Å². The van der Waals surface area contributed by atoms with Crippen molar-refractivity contribution in [2.75, 3.05) is 16.8 Å². The fourth-order valence-electron chi connectivity index (χ4n) is 3.48. The van der Waals surface area contributed by atoms with Gasteiger partial charge >= 0.3 is 12.1 Å². The number of thioether (sulfide) groups is 2. The Balaban J connectivity index is 1.37. The summed E-state index contributed by atoms with van der Waals surface area (Å²) in [5.41, 5.74) is -0.555. The summed E-state index contributed by atoms with van der Waals surface area (Å²) in [5, 5.41) is 26.9. The summed E-state index contributed by atoms with van der Waals surface area (Å²) in [7, 11) is 1.65. The van der Waals surface area contributed by atoms with E-state index in [0.29, 0.717) is 22.9 Å². The molecule has 208 valence electrons. The number of fused-ring (bicyclic) bond motifs is 1. The lowest BCUT2D eigenvalue weighted by atomic mass is 10.0. The number of amides is 3. The van der Waals surface area contributed by atoms with E-state index in [1.54, 1.807) is 20.9 Å². The Morgan fingerprint density at radius 3 is 2.69 bits per heavy atom. The van der Waals surface area contributed by atoms with Gasteiger partial charge in [-0.1, -0.05) is 18.7 Å². The minimum atomic E-state index is -1.27. The average Bonchev–Trinajstić information content (AvgIpc) is 3.52. The molecular formula is C21H24N8O7S3. The van der Waals surface area contributed by atoms with Crippen LogP contribution in [-0.2, 0) is 26.2 Å². The molecule has 2 aliphatic rings. The Bertz CT molecular complexity index is 1370. The normalized spacial score (nSPS) is 18.8. The third-order valence-electron chi connectivity index (χ3n) is 5.87. The van der Waals surface area contributed by atoms with Gasteiger partial charge in [0.15, 0.2) is 5.13 Å². The number of hydrogen-bond donors (Lipinski definition) is 3. The molecule has 2 atom stereocenters. The molecule has 0 aliphatic carbocycles. The number of nitrogens with zero attached hydrogens (tertiary/aromatic N) is 6. The van der Waals surface area contributed by atoms with Crippen LogP contribution >= 0.6 is 34.9 Å². The van der Waals surface area contributed by atoms with E-state index in [1.165, 1.54) is 33.6 Å². The number of carboxylic acids is 1. The van der Waals surface area contributed by atoms with Gasteiger partial charge in [0.2, 0.25) is 5.16 Å². The topological polar surface area (TPSA) is 199 Å². The molecule has 15 nitrogen and oxygen atoms in total. The highest BCUT2D eigenvalue weighted by atomic mass is 32.2. The van der Waals surface area contributed by atoms with E-state index in [2.05, 4.69) is 31.1 Å². The lowest BCUT2D eigenvalue weighted by molar-refractivity contribution is -0.150. The van der Waals surface area contributed by atoms with Gasteiger partial charge in [0, 0.05) is 23.9 Å². The van der Waals surface area contributed by atoms with Crippen LogP contribution in [0.25, 0.3) is 0 Å². The number of ether oxygens (including phenoxy) is 1. The molecule has 2 aliphatic heterocycles. The number of nitrogens with one attached hydrogen (secondary N) is 2. The number of rotatable bonds is 10. The highest BCUT2D eigenvalue weighted by Gasteiger charge is 2.54. The predicted octanol–water partition coefficient (Wildman–Crippen LogP) is 1.12. The van der Waals surface area contributed by atoms with Crippen molar-refractivity contribution in [2.24, 2.45) is 7.05 Å². The Labute approximate surface area is 234 Å². The summed E-state index contributed by atoms with van der Waals surface area (Å²) in [6.07, 6.45) is -0.161. The lowest BCUT2D eigenvalue weighted by Gasteiger charge is -2.49. The number of hydrogen-bond acceptors (Lipinski definition) is 13. The number of anilines is 1. The molecule has 1 unspecified atom stereocenters. The van der Waals surface area contributed by atoms with Gasteiger partial charge in [0.1, 0.15) is 28.4 Å². The Morgan fingerprint density at radius 1 is 1.31 bits per heavy atom. The third kappa shape index (κ3) is 6.06. The van der Waals surface area contributed by atoms with Crippen LogP contribution < -0.4 is 10.6 Å². The van der Waals surface area contributed by atoms with Crippen LogP contribution in [0.2, 0.25) is 0 Å². The number of ketones is 1. The molecule has 0 aromatic carbocycles. The summed E-state index contributed by atoms with van der Waals surface area (Å²) in [6, 6.07) is -1.08. The lowest BCUT2D eigenvalue weighted by Crippen LogP contribution is -2.71. The molecule has 2 aromatic rings. The fourth-order valence-corrected chi connectivity index (χ4v) is 6.50. The highest BCUT2D eigenvalue weighted by molar-refractivity contribution is 8.01. The van der Waals surface area contributed by atoms with E-state index in [4.69, 9.17) is 4.74 Å². The van der Waals surface area contributed by atoms with Crippen molar-refractivity contribution in [3.05, 3.63) is 22.3 Å². The number of aryl methyl sites for hydroxylation is 1. The molecule has 1 fully saturated rings. The second-order valence-electron chi connectivity index (χ2n) is 8.99. The van der Waals surface area contributed by atoms with E-state index < -0.39 is 46.7 Å². The van der Waals surface area contributed by atoms with Crippen LogP contribution in [0.3, 0.4) is 0 Å². The maximum Gasteiger partial charge on any atom is 0.413 e. The number of carbonyl (C=O) groups excluding carboxylic acids is 4. The van der Waals surface area contributed by atoms with Crippen molar-refractivity contribution >= 4 is 69.7 Å². The van der Waals surface area contributed by atoms with E-state index in [1.807, 2.05) is 6.92 Å². The third-order valence-corrected chi connectivity index (χ3v) is 9.06. The van der Waals surface area contributed by atoms with Crippen LogP contribution in [0.1, 0.15) is 37.7 Å². The van der Waals surface area contributed by atoms with E-state index in [-0.39, 0.29) is 22.3 Å². The van der Waals surface area contributed by atoms with Crippen molar-refractivity contribution in [1.29, 1.82) is 0 Å². The van der Waals surface area contributed by atoms with Gasteiger partial charge in [-0.15, -0.1) is 28.2 Å². The zero-order chi connectivity index (χ0) is 28.5. The maximum atomic E-state index is 12.9. The highest BCUT2D eigenvalue weighted by Crippen LogP contribution is 2.41. The first-order valence-electron chi connectivity index (χ1n) is 11.5. The second kappa shape index (κ2) is 11.3. The monoisotopic (exact) mass is 596 g/mol. The average molecular weight is 597 g/mol. The van der Waals surface area contributed by atoms with E-state index >= 15 is 0 Å². The Kier molecular flexibility index (Phi) is 8.26. The minimum Gasteiger partial charge on any atom is -0.477 e. The second-order valence-corrected chi connectivity index (χ2v) is 11.9. The van der Waals surface area contributed by atoms with Crippen molar-refractivity contribution in [2.45, 2.75) is 49.4 Å². The molecule has 3 N–H and O–H groups in total. The molecule has 0 spiro atoms. The number of carbonyl (C=O) groups is 5. The fraction of sp³-hybridized carbons (Fsp3) is 0.476. The van der Waals surface area contributed by atoms with Crippen LogP contribution in [0.5, 0.6) is 0 Å². The van der Waals surface area contributed by atoms with Crippen LogP contribution in [0.15, 0.2) is 21.8 Å². The summed E-state index contributed by atoms with van der Waals surface area (Å²) < 4.78 is 6.72. The van der Waals surface area contributed by atoms with Crippen molar-refractivity contribution in [3.63, 3.8) is 0 Å². The summed E-state index contributed by atoms with van der Waals surface area (Å²) >= 11 is 3.44. The van der Waals surface area contributed by atoms with Crippen molar-refractivity contribution in [3.8, 4) is 0 Å². The predicted molar refractivity (Wildman–Crippen MR) is 140 cm³/mol. The van der Waals surface area contributed by atoms with Gasteiger partial charge in [0.05, 0.1) is 0 Å². The molecule has 39 heavy (non-hydrogen) atoms. The molecule has 2 aromatic heterocycles. The van der Waals surface area contributed by atoms with Crippen LogP contribution in [0.4, 0.5) is 9.93 Å². The standard InChI is InChI=1S/C21H24N8O7S3/c1-5-21(2,3)36-20(35)24-18-22-10(8-38-18)13(30)14(31)23-11-15(32)29-12(17(33)34)9(6-37-16(11)29)7-39-19-25-26-27-28(19)4/h8,11,16H,5-7H2,1-4H3,(H,23,31)(H,33,34)(H,22,24,35)/t11?,16-/m0/s1.